The van der Waals surface area contributed by atoms with Gasteiger partial charge >= 0.3 is 5.97 Å². The third kappa shape index (κ3) is 9.08. The molecule has 16 heavy (non-hydrogen) atoms. The molecule has 0 saturated heterocycles. The SMILES string of the molecule is CC(C)(Br)C(=O)OCCOCCOCCO. The van der Waals surface area contributed by atoms with Crippen LogP contribution in [-0.4, -0.2) is 55.0 Å². The summed E-state index contributed by atoms with van der Waals surface area (Å²) in [6.45, 7) is 5.20. The van der Waals surface area contributed by atoms with Crippen LogP contribution in [0.15, 0.2) is 0 Å². The predicted octanol–water partition coefficient (Wildman–Crippen LogP) is 0.729. The molecular formula is C10H19BrO5. The summed E-state index contributed by atoms with van der Waals surface area (Å²) in [4.78, 5) is 11.3. The number of ether oxygens (including phenoxy) is 3. The Balaban J connectivity index is 3.25. The third-order valence-electron chi connectivity index (χ3n) is 1.55. The van der Waals surface area contributed by atoms with Crippen molar-refractivity contribution in [3.05, 3.63) is 0 Å². The molecule has 0 aliphatic heterocycles. The molecule has 0 aromatic heterocycles. The van der Waals surface area contributed by atoms with Gasteiger partial charge in [-0.2, -0.15) is 0 Å². The highest BCUT2D eigenvalue weighted by atomic mass is 79.9. The normalized spacial score (nSPS) is 11.5. The smallest absolute Gasteiger partial charge is 0.322 e. The first-order valence-electron chi connectivity index (χ1n) is 5.11. The summed E-state index contributed by atoms with van der Waals surface area (Å²) in [5, 5.41) is 8.42. The van der Waals surface area contributed by atoms with Crippen LogP contribution in [0.5, 0.6) is 0 Å². The number of carbonyl (C=O) groups is 1. The molecule has 0 aliphatic rings. The summed E-state index contributed by atoms with van der Waals surface area (Å²) in [6.07, 6.45) is 0. The molecule has 0 aromatic rings. The molecule has 0 saturated carbocycles. The zero-order valence-corrected chi connectivity index (χ0v) is 11.3. The molecule has 0 bridgehead atoms. The monoisotopic (exact) mass is 298 g/mol. The Morgan fingerprint density at radius 2 is 1.62 bits per heavy atom. The van der Waals surface area contributed by atoms with Crippen LogP contribution in [0.3, 0.4) is 0 Å². The van der Waals surface area contributed by atoms with Gasteiger partial charge in [0.15, 0.2) is 0 Å². The summed E-state index contributed by atoms with van der Waals surface area (Å²) < 4.78 is 14.4. The Bertz CT molecular complexity index is 190. The number of hydrogen-bond acceptors (Lipinski definition) is 5. The molecule has 0 radical (unpaired) electrons. The van der Waals surface area contributed by atoms with Crippen molar-refractivity contribution in [1.29, 1.82) is 0 Å². The summed E-state index contributed by atoms with van der Waals surface area (Å²) in [6, 6.07) is 0. The van der Waals surface area contributed by atoms with Crippen molar-refractivity contribution in [1.82, 2.24) is 0 Å². The molecular weight excluding hydrogens is 280 g/mol. The molecule has 96 valence electrons. The number of aliphatic hydroxyl groups excluding tert-OH is 1. The van der Waals surface area contributed by atoms with Crippen LogP contribution < -0.4 is 0 Å². The molecule has 0 heterocycles. The topological polar surface area (TPSA) is 65.0 Å². The van der Waals surface area contributed by atoms with Crippen LogP contribution in [0.4, 0.5) is 0 Å². The summed E-state index contributed by atoms with van der Waals surface area (Å²) in [5.74, 6) is -0.312. The maximum atomic E-state index is 11.3. The maximum absolute atomic E-state index is 11.3. The van der Waals surface area contributed by atoms with Gasteiger partial charge in [0.2, 0.25) is 0 Å². The lowest BCUT2D eigenvalue weighted by atomic mass is 10.2. The second-order valence-electron chi connectivity index (χ2n) is 3.56. The van der Waals surface area contributed by atoms with Crippen LogP contribution in [0.1, 0.15) is 13.8 Å². The molecule has 0 amide bonds. The lowest BCUT2D eigenvalue weighted by Gasteiger charge is -2.14. The van der Waals surface area contributed by atoms with E-state index in [-0.39, 0.29) is 19.2 Å². The van der Waals surface area contributed by atoms with Crippen LogP contribution >= 0.6 is 15.9 Å². The van der Waals surface area contributed by atoms with E-state index in [1.54, 1.807) is 13.8 Å². The van der Waals surface area contributed by atoms with Gasteiger partial charge in [0, 0.05) is 0 Å². The number of rotatable bonds is 9. The Kier molecular flexibility index (Phi) is 8.83. The molecule has 0 atom stereocenters. The number of aliphatic hydroxyl groups is 1. The standard InChI is InChI=1S/C10H19BrO5/c1-10(2,11)9(13)16-8-7-15-6-5-14-4-3-12/h12H,3-8H2,1-2H3. The molecule has 6 heteroatoms. The first-order chi connectivity index (χ1) is 7.48. The van der Waals surface area contributed by atoms with Gasteiger partial charge < -0.3 is 19.3 Å². The van der Waals surface area contributed by atoms with E-state index in [1.165, 1.54) is 0 Å². The van der Waals surface area contributed by atoms with Crippen molar-refractivity contribution in [3.63, 3.8) is 0 Å². The Morgan fingerprint density at radius 1 is 1.12 bits per heavy atom. The van der Waals surface area contributed by atoms with Crippen molar-refractivity contribution in [2.75, 3.05) is 39.6 Å². The molecule has 0 fully saturated rings. The second-order valence-corrected chi connectivity index (χ2v) is 5.54. The van der Waals surface area contributed by atoms with Gasteiger partial charge in [-0.15, -0.1) is 0 Å². The van der Waals surface area contributed by atoms with Crippen LogP contribution in [-0.2, 0) is 19.0 Å². The number of halogens is 1. The Labute approximate surface area is 104 Å². The molecule has 0 aromatic carbocycles. The van der Waals surface area contributed by atoms with E-state index in [4.69, 9.17) is 19.3 Å². The molecule has 0 spiro atoms. The largest absolute Gasteiger partial charge is 0.462 e. The van der Waals surface area contributed by atoms with E-state index < -0.39 is 4.32 Å². The van der Waals surface area contributed by atoms with Gasteiger partial charge in [0.1, 0.15) is 10.9 Å². The first kappa shape index (κ1) is 15.8. The van der Waals surface area contributed by atoms with E-state index >= 15 is 0 Å². The van der Waals surface area contributed by atoms with Gasteiger partial charge in [-0.25, -0.2) is 0 Å². The fourth-order valence-corrected chi connectivity index (χ4v) is 0.866. The first-order valence-corrected chi connectivity index (χ1v) is 5.90. The highest BCUT2D eigenvalue weighted by Crippen LogP contribution is 2.17. The van der Waals surface area contributed by atoms with Gasteiger partial charge in [0.05, 0.1) is 33.0 Å². The van der Waals surface area contributed by atoms with Gasteiger partial charge in [-0.05, 0) is 13.8 Å². The summed E-state index contributed by atoms with van der Waals surface area (Å²) in [5.41, 5.74) is 0. The van der Waals surface area contributed by atoms with Crippen LogP contribution in [0.25, 0.3) is 0 Å². The number of esters is 1. The minimum absolute atomic E-state index is 0.0119. The van der Waals surface area contributed by atoms with Crippen molar-refractivity contribution in [2.24, 2.45) is 0 Å². The minimum Gasteiger partial charge on any atom is -0.462 e. The van der Waals surface area contributed by atoms with Gasteiger partial charge in [0.25, 0.3) is 0 Å². The maximum Gasteiger partial charge on any atom is 0.322 e. The highest BCUT2D eigenvalue weighted by Gasteiger charge is 2.24. The van der Waals surface area contributed by atoms with Crippen molar-refractivity contribution in [2.45, 2.75) is 18.2 Å². The third-order valence-corrected chi connectivity index (χ3v) is 1.88. The fourth-order valence-electron chi connectivity index (χ4n) is 0.751. The van der Waals surface area contributed by atoms with E-state index in [2.05, 4.69) is 15.9 Å². The number of alkyl halides is 1. The fraction of sp³-hybridized carbons (Fsp3) is 0.900. The van der Waals surface area contributed by atoms with Crippen LogP contribution in [0.2, 0.25) is 0 Å². The molecule has 1 N–H and O–H groups in total. The van der Waals surface area contributed by atoms with Crippen molar-refractivity contribution >= 4 is 21.9 Å². The minimum atomic E-state index is -0.656. The highest BCUT2D eigenvalue weighted by molar-refractivity contribution is 9.10. The summed E-state index contributed by atoms with van der Waals surface area (Å²) >= 11 is 3.20. The van der Waals surface area contributed by atoms with Gasteiger partial charge in [-0.3, -0.25) is 4.79 Å². The molecule has 5 nitrogen and oxygen atoms in total. The van der Waals surface area contributed by atoms with E-state index in [1.807, 2.05) is 0 Å². The van der Waals surface area contributed by atoms with Crippen LogP contribution in [0, 0.1) is 0 Å². The molecule has 0 rings (SSSR count). The summed E-state index contributed by atoms with van der Waals surface area (Å²) in [7, 11) is 0. The Hall–Kier alpha value is -0.170. The van der Waals surface area contributed by atoms with Crippen molar-refractivity contribution in [3.8, 4) is 0 Å². The zero-order chi connectivity index (χ0) is 12.4. The zero-order valence-electron chi connectivity index (χ0n) is 9.70. The lowest BCUT2D eigenvalue weighted by molar-refractivity contribution is -0.147. The van der Waals surface area contributed by atoms with Gasteiger partial charge in [-0.1, -0.05) is 15.9 Å². The average molecular weight is 299 g/mol. The predicted molar refractivity (Wildman–Crippen MR) is 62.7 cm³/mol. The second kappa shape index (κ2) is 8.92. The van der Waals surface area contributed by atoms with E-state index in [0.717, 1.165) is 0 Å². The van der Waals surface area contributed by atoms with E-state index in [9.17, 15) is 4.79 Å². The van der Waals surface area contributed by atoms with E-state index in [0.29, 0.717) is 26.4 Å². The lowest BCUT2D eigenvalue weighted by Crippen LogP contribution is -2.27. The number of carbonyl (C=O) groups excluding carboxylic acids is 1. The average Bonchev–Trinajstić information content (AvgIpc) is 2.20. The number of hydrogen-bond donors (Lipinski definition) is 1. The van der Waals surface area contributed by atoms with Crippen molar-refractivity contribution < 1.29 is 24.1 Å². The molecule has 0 unspecified atom stereocenters. The Morgan fingerprint density at radius 3 is 2.12 bits per heavy atom. The molecule has 0 aliphatic carbocycles. The quantitative estimate of drug-likeness (QED) is 0.386.